The number of aryl methyl sites for hydroxylation is 1. The molecule has 3 heterocycles. The Hall–Kier alpha value is -1.40. The molecule has 0 radical (unpaired) electrons. The Kier molecular flexibility index (Phi) is 4.03. The van der Waals surface area contributed by atoms with Crippen molar-refractivity contribution in [1.82, 2.24) is 20.3 Å². The van der Waals surface area contributed by atoms with Crippen molar-refractivity contribution >= 4 is 5.91 Å². The van der Waals surface area contributed by atoms with Crippen molar-refractivity contribution in [2.24, 2.45) is 0 Å². The quantitative estimate of drug-likeness (QED) is 0.845. The average molecular weight is 278 g/mol. The largest absolute Gasteiger partial charge is 0.361 e. The van der Waals surface area contributed by atoms with Gasteiger partial charge in [-0.15, -0.1) is 0 Å². The summed E-state index contributed by atoms with van der Waals surface area (Å²) in [5.41, 5.74) is 0.734. The molecule has 3 rings (SSSR count). The van der Waals surface area contributed by atoms with E-state index >= 15 is 0 Å². The maximum absolute atomic E-state index is 12.3. The second-order valence-corrected chi connectivity index (χ2v) is 5.67. The number of likely N-dealkylation sites (tertiary alicyclic amines) is 1. The summed E-state index contributed by atoms with van der Waals surface area (Å²) in [7, 11) is 0. The Labute approximate surface area is 119 Å². The summed E-state index contributed by atoms with van der Waals surface area (Å²) in [5.74, 6) is 0.920. The number of rotatable bonds is 3. The molecule has 0 saturated carbocycles. The van der Waals surface area contributed by atoms with E-state index < -0.39 is 0 Å². The molecular formula is C14H22N4O2. The van der Waals surface area contributed by atoms with Crippen molar-refractivity contribution in [3.63, 3.8) is 0 Å². The van der Waals surface area contributed by atoms with E-state index in [2.05, 4.69) is 15.4 Å². The van der Waals surface area contributed by atoms with Crippen LogP contribution in [0.2, 0.25) is 0 Å². The standard InChI is InChI=1S/C14H22N4O2/c1-11-8-12(16-20-11)9-14(19)18-5-2-13(10-18)17-6-3-15-4-7-17/h8,13,15H,2-7,9-10H2,1H3. The molecule has 2 saturated heterocycles. The van der Waals surface area contributed by atoms with Gasteiger partial charge in [0.2, 0.25) is 5.91 Å². The van der Waals surface area contributed by atoms with Crippen LogP contribution in [0.15, 0.2) is 10.6 Å². The monoisotopic (exact) mass is 278 g/mol. The van der Waals surface area contributed by atoms with E-state index in [-0.39, 0.29) is 5.91 Å². The van der Waals surface area contributed by atoms with Gasteiger partial charge in [-0.2, -0.15) is 0 Å². The van der Waals surface area contributed by atoms with Crippen LogP contribution in [-0.4, -0.2) is 66.2 Å². The van der Waals surface area contributed by atoms with Gasteiger partial charge in [0.1, 0.15) is 5.76 Å². The zero-order valence-corrected chi connectivity index (χ0v) is 12.0. The molecule has 6 nitrogen and oxygen atoms in total. The summed E-state index contributed by atoms with van der Waals surface area (Å²) < 4.78 is 5.01. The Morgan fingerprint density at radius 1 is 1.45 bits per heavy atom. The van der Waals surface area contributed by atoms with Gasteiger partial charge in [0.05, 0.1) is 12.1 Å². The van der Waals surface area contributed by atoms with Gasteiger partial charge in [-0.05, 0) is 13.3 Å². The summed E-state index contributed by atoms with van der Waals surface area (Å²) in [5, 5.41) is 7.26. The number of carbonyl (C=O) groups excluding carboxylic acids is 1. The fourth-order valence-electron chi connectivity index (χ4n) is 3.08. The fraction of sp³-hybridized carbons (Fsp3) is 0.714. The number of hydrogen-bond donors (Lipinski definition) is 1. The van der Waals surface area contributed by atoms with E-state index in [4.69, 9.17) is 4.52 Å². The van der Waals surface area contributed by atoms with E-state index in [1.54, 1.807) is 0 Å². The fourth-order valence-corrected chi connectivity index (χ4v) is 3.08. The van der Waals surface area contributed by atoms with Crippen LogP contribution in [0.1, 0.15) is 17.9 Å². The molecular weight excluding hydrogens is 256 g/mol. The molecule has 1 amide bonds. The highest BCUT2D eigenvalue weighted by Gasteiger charge is 2.31. The Bertz CT molecular complexity index is 467. The van der Waals surface area contributed by atoms with Gasteiger partial charge >= 0.3 is 0 Å². The predicted octanol–water partition coefficient (Wildman–Crippen LogP) is 0.0316. The van der Waals surface area contributed by atoms with Gasteiger partial charge in [-0.3, -0.25) is 9.69 Å². The number of nitrogens with zero attached hydrogens (tertiary/aromatic N) is 3. The molecule has 1 aromatic heterocycles. The summed E-state index contributed by atoms with van der Waals surface area (Å²) in [6, 6.07) is 2.36. The lowest BCUT2D eigenvalue weighted by atomic mass is 10.2. The Morgan fingerprint density at radius 2 is 2.25 bits per heavy atom. The van der Waals surface area contributed by atoms with Crippen LogP contribution < -0.4 is 5.32 Å². The Morgan fingerprint density at radius 3 is 2.95 bits per heavy atom. The first-order valence-corrected chi connectivity index (χ1v) is 7.37. The molecule has 0 aliphatic carbocycles. The first-order valence-electron chi connectivity index (χ1n) is 7.37. The molecule has 2 fully saturated rings. The summed E-state index contributed by atoms with van der Waals surface area (Å²) in [4.78, 5) is 16.7. The maximum Gasteiger partial charge on any atom is 0.228 e. The van der Waals surface area contributed by atoms with Crippen LogP contribution in [0.3, 0.4) is 0 Å². The van der Waals surface area contributed by atoms with Crippen LogP contribution in [-0.2, 0) is 11.2 Å². The molecule has 0 spiro atoms. The molecule has 6 heteroatoms. The zero-order chi connectivity index (χ0) is 13.9. The minimum Gasteiger partial charge on any atom is -0.361 e. The zero-order valence-electron chi connectivity index (χ0n) is 12.0. The maximum atomic E-state index is 12.3. The average Bonchev–Trinajstić information content (AvgIpc) is 3.09. The lowest BCUT2D eigenvalue weighted by molar-refractivity contribution is -0.129. The number of amides is 1. The number of piperazine rings is 1. The number of nitrogens with one attached hydrogen (secondary N) is 1. The lowest BCUT2D eigenvalue weighted by Crippen LogP contribution is -2.49. The molecule has 2 aliphatic heterocycles. The smallest absolute Gasteiger partial charge is 0.228 e. The molecule has 1 atom stereocenters. The molecule has 110 valence electrons. The number of hydrogen-bond acceptors (Lipinski definition) is 5. The van der Waals surface area contributed by atoms with E-state index in [1.165, 1.54) is 0 Å². The third kappa shape index (κ3) is 3.02. The minimum absolute atomic E-state index is 0.163. The highest BCUT2D eigenvalue weighted by Crippen LogP contribution is 2.17. The third-order valence-corrected chi connectivity index (χ3v) is 4.19. The highest BCUT2D eigenvalue weighted by atomic mass is 16.5. The van der Waals surface area contributed by atoms with Crippen molar-refractivity contribution < 1.29 is 9.32 Å². The second-order valence-electron chi connectivity index (χ2n) is 5.67. The number of carbonyl (C=O) groups is 1. The topological polar surface area (TPSA) is 61.6 Å². The van der Waals surface area contributed by atoms with Crippen LogP contribution in [0, 0.1) is 6.92 Å². The molecule has 2 aliphatic rings. The van der Waals surface area contributed by atoms with Crippen LogP contribution in [0.5, 0.6) is 0 Å². The highest BCUT2D eigenvalue weighted by molar-refractivity contribution is 5.78. The van der Waals surface area contributed by atoms with Gasteiger partial charge in [0.15, 0.2) is 0 Å². The molecule has 1 unspecified atom stereocenters. The van der Waals surface area contributed by atoms with E-state index in [1.807, 2.05) is 17.9 Å². The van der Waals surface area contributed by atoms with E-state index in [0.717, 1.165) is 57.1 Å². The predicted molar refractivity (Wildman–Crippen MR) is 74.4 cm³/mol. The molecule has 0 aromatic carbocycles. The van der Waals surface area contributed by atoms with Gasteiger partial charge in [-0.25, -0.2) is 0 Å². The van der Waals surface area contributed by atoms with Crippen molar-refractivity contribution in [3.8, 4) is 0 Å². The van der Waals surface area contributed by atoms with Crippen LogP contribution >= 0.6 is 0 Å². The van der Waals surface area contributed by atoms with Crippen LogP contribution in [0.25, 0.3) is 0 Å². The summed E-state index contributed by atoms with van der Waals surface area (Å²) in [6.07, 6.45) is 1.44. The van der Waals surface area contributed by atoms with Crippen molar-refractivity contribution in [3.05, 3.63) is 17.5 Å². The lowest BCUT2D eigenvalue weighted by Gasteiger charge is -2.32. The van der Waals surface area contributed by atoms with Crippen molar-refractivity contribution in [2.75, 3.05) is 39.3 Å². The van der Waals surface area contributed by atoms with Crippen molar-refractivity contribution in [2.45, 2.75) is 25.8 Å². The van der Waals surface area contributed by atoms with Crippen LogP contribution in [0.4, 0.5) is 0 Å². The van der Waals surface area contributed by atoms with E-state index in [9.17, 15) is 4.79 Å². The normalized spacial score (nSPS) is 24.2. The molecule has 1 aromatic rings. The van der Waals surface area contributed by atoms with E-state index in [0.29, 0.717) is 12.5 Å². The number of aromatic nitrogens is 1. The Balaban J connectivity index is 1.52. The second kappa shape index (κ2) is 5.93. The SMILES string of the molecule is Cc1cc(CC(=O)N2CCC(N3CCNCC3)C2)no1. The molecule has 0 bridgehead atoms. The third-order valence-electron chi connectivity index (χ3n) is 4.19. The van der Waals surface area contributed by atoms with Gasteiger partial charge in [0, 0.05) is 51.4 Å². The summed E-state index contributed by atoms with van der Waals surface area (Å²) >= 11 is 0. The van der Waals surface area contributed by atoms with Crippen molar-refractivity contribution in [1.29, 1.82) is 0 Å². The first-order chi connectivity index (χ1) is 9.72. The van der Waals surface area contributed by atoms with Gasteiger partial charge in [-0.1, -0.05) is 5.16 Å². The minimum atomic E-state index is 0.163. The first kappa shape index (κ1) is 13.6. The van der Waals surface area contributed by atoms with Gasteiger partial charge in [0.25, 0.3) is 0 Å². The molecule has 1 N–H and O–H groups in total. The molecule has 20 heavy (non-hydrogen) atoms. The van der Waals surface area contributed by atoms with Gasteiger partial charge < -0.3 is 14.7 Å². The summed E-state index contributed by atoms with van der Waals surface area (Å²) in [6.45, 7) is 7.87.